The number of carbonyl (C=O) groups is 2. The molecular formula is C17H22N4O3S. The summed E-state index contributed by atoms with van der Waals surface area (Å²) >= 11 is 1.56. The van der Waals surface area contributed by atoms with E-state index in [-0.39, 0.29) is 11.8 Å². The highest BCUT2D eigenvalue weighted by molar-refractivity contribution is 7.13. The summed E-state index contributed by atoms with van der Waals surface area (Å²) in [5.74, 6) is 1.08. The number of rotatable bonds is 5. The Balaban J connectivity index is 1.54. The van der Waals surface area contributed by atoms with E-state index >= 15 is 0 Å². The molecule has 0 bridgehead atoms. The molecule has 1 saturated heterocycles. The zero-order valence-electron chi connectivity index (χ0n) is 14.7. The predicted octanol–water partition coefficient (Wildman–Crippen LogP) is 2.20. The molecule has 2 amide bonds. The van der Waals surface area contributed by atoms with Gasteiger partial charge in [0.25, 0.3) is 0 Å². The molecule has 2 aromatic heterocycles. The second-order valence-corrected chi connectivity index (χ2v) is 7.62. The lowest BCUT2D eigenvalue weighted by molar-refractivity contribution is -0.157. The van der Waals surface area contributed by atoms with Crippen LogP contribution >= 0.6 is 11.3 Å². The topological polar surface area (TPSA) is 79.5 Å². The normalized spacial score (nSPS) is 17.2. The minimum Gasteiger partial charge on any atom is -0.342 e. The molecule has 0 N–H and O–H groups in total. The molecule has 0 unspecified atom stereocenters. The highest BCUT2D eigenvalue weighted by Gasteiger charge is 2.42. The van der Waals surface area contributed by atoms with E-state index in [0.717, 1.165) is 4.88 Å². The molecule has 25 heavy (non-hydrogen) atoms. The quantitative estimate of drug-likeness (QED) is 0.815. The molecule has 134 valence electrons. The van der Waals surface area contributed by atoms with Gasteiger partial charge in [-0.3, -0.25) is 9.59 Å². The first kappa shape index (κ1) is 17.6. The van der Waals surface area contributed by atoms with E-state index in [2.05, 4.69) is 10.1 Å². The molecule has 8 heteroatoms. The first-order valence-corrected chi connectivity index (χ1v) is 9.20. The molecule has 0 radical (unpaired) electrons. The molecule has 1 aliphatic rings. The van der Waals surface area contributed by atoms with Crippen LogP contribution in [-0.2, 0) is 16.0 Å². The van der Waals surface area contributed by atoms with Crippen molar-refractivity contribution >= 4 is 23.2 Å². The Bertz CT molecular complexity index is 754. The minimum absolute atomic E-state index is 0.00977. The lowest BCUT2D eigenvalue weighted by atomic mass is 9.97. The number of aromatic nitrogens is 2. The Hall–Kier alpha value is -2.22. The highest BCUT2D eigenvalue weighted by atomic mass is 32.1. The third kappa shape index (κ3) is 3.58. The number of piperazine rings is 1. The summed E-state index contributed by atoms with van der Waals surface area (Å²) in [6.07, 6.45) is 1.52. The van der Waals surface area contributed by atoms with Crippen molar-refractivity contribution in [2.24, 2.45) is 0 Å². The van der Waals surface area contributed by atoms with Crippen LogP contribution in [0.4, 0.5) is 0 Å². The Morgan fingerprint density at radius 2 is 2.20 bits per heavy atom. The van der Waals surface area contributed by atoms with Crippen LogP contribution in [0.1, 0.15) is 32.6 Å². The summed E-state index contributed by atoms with van der Waals surface area (Å²) in [5.41, 5.74) is -0.791. The van der Waals surface area contributed by atoms with Gasteiger partial charge in [-0.15, -0.1) is 11.3 Å². The number of carbonyl (C=O) groups excluding carboxylic acids is 2. The van der Waals surface area contributed by atoms with Crippen LogP contribution in [0.3, 0.4) is 0 Å². The predicted molar refractivity (Wildman–Crippen MR) is 94.0 cm³/mol. The zero-order chi connectivity index (χ0) is 18.0. The number of thiophene rings is 1. The number of hydrogen-bond acceptors (Lipinski definition) is 6. The van der Waals surface area contributed by atoms with Crippen molar-refractivity contribution in [3.05, 3.63) is 23.4 Å². The van der Waals surface area contributed by atoms with Gasteiger partial charge >= 0.3 is 0 Å². The van der Waals surface area contributed by atoms with Crippen LogP contribution < -0.4 is 0 Å². The molecule has 0 aliphatic carbocycles. The van der Waals surface area contributed by atoms with Crippen molar-refractivity contribution < 1.29 is 14.1 Å². The molecule has 2 aromatic rings. The summed E-state index contributed by atoms with van der Waals surface area (Å²) < 4.78 is 5.25. The van der Waals surface area contributed by atoms with Crippen molar-refractivity contribution in [1.82, 2.24) is 19.9 Å². The van der Waals surface area contributed by atoms with Gasteiger partial charge < -0.3 is 14.3 Å². The van der Waals surface area contributed by atoms with Crippen molar-refractivity contribution in [1.29, 1.82) is 0 Å². The van der Waals surface area contributed by atoms with Gasteiger partial charge in [0.1, 0.15) is 5.54 Å². The monoisotopic (exact) mass is 362 g/mol. The fourth-order valence-corrected chi connectivity index (χ4v) is 3.69. The van der Waals surface area contributed by atoms with Crippen LogP contribution in [0.25, 0.3) is 10.7 Å². The Morgan fingerprint density at radius 3 is 2.92 bits per heavy atom. The number of nitrogens with zero attached hydrogens (tertiary/aromatic N) is 4. The zero-order valence-corrected chi connectivity index (χ0v) is 15.5. The van der Waals surface area contributed by atoms with E-state index in [9.17, 15) is 9.59 Å². The number of amides is 2. The molecule has 0 saturated carbocycles. The fraction of sp³-hybridized carbons (Fsp3) is 0.529. The smallest absolute Gasteiger partial charge is 0.247 e. The largest absolute Gasteiger partial charge is 0.342 e. The Labute approximate surface area is 150 Å². The average molecular weight is 362 g/mol. The second-order valence-electron chi connectivity index (χ2n) is 6.67. The van der Waals surface area contributed by atoms with Gasteiger partial charge in [0.05, 0.1) is 4.88 Å². The SMILES string of the molecule is CN1CCN(C(=O)CCCc2nc(-c3cccs3)no2)C(C)(C)C1=O. The van der Waals surface area contributed by atoms with Crippen molar-refractivity contribution in [2.75, 3.05) is 20.1 Å². The van der Waals surface area contributed by atoms with E-state index in [0.29, 0.717) is 44.1 Å². The maximum absolute atomic E-state index is 12.5. The van der Waals surface area contributed by atoms with Gasteiger partial charge in [-0.05, 0) is 31.7 Å². The second kappa shape index (κ2) is 6.95. The first-order valence-electron chi connectivity index (χ1n) is 8.32. The maximum Gasteiger partial charge on any atom is 0.247 e. The van der Waals surface area contributed by atoms with Gasteiger partial charge in [0, 0.05) is 33.0 Å². The van der Waals surface area contributed by atoms with Crippen molar-refractivity contribution in [3.8, 4) is 10.7 Å². The third-order valence-corrected chi connectivity index (χ3v) is 5.36. The molecule has 3 heterocycles. The first-order chi connectivity index (χ1) is 11.9. The molecule has 0 spiro atoms. The molecule has 0 aromatic carbocycles. The summed E-state index contributed by atoms with van der Waals surface area (Å²) in [4.78, 5) is 33.5. The van der Waals surface area contributed by atoms with Gasteiger partial charge in [0.15, 0.2) is 0 Å². The van der Waals surface area contributed by atoms with Gasteiger partial charge in [0.2, 0.25) is 23.5 Å². The molecule has 0 atom stereocenters. The molecule has 1 aliphatic heterocycles. The summed E-state index contributed by atoms with van der Waals surface area (Å²) in [7, 11) is 1.77. The third-order valence-electron chi connectivity index (χ3n) is 4.50. The van der Waals surface area contributed by atoms with Gasteiger partial charge in [-0.2, -0.15) is 4.98 Å². The fourth-order valence-electron chi connectivity index (χ4n) is 3.04. The van der Waals surface area contributed by atoms with Crippen LogP contribution in [0, 0.1) is 0 Å². The van der Waals surface area contributed by atoms with E-state index < -0.39 is 5.54 Å². The Morgan fingerprint density at radius 1 is 1.40 bits per heavy atom. The standard InChI is InChI=1S/C17H22N4O3S/c1-17(2)16(23)20(3)9-10-21(17)14(22)8-4-7-13-18-15(19-24-13)12-6-5-11-25-12/h5-6,11H,4,7-10H2,1-3H3. The maximum atomic E-state index is 12.5. The lowest BCUT2D eigenvalue weighted by Crippen LogP contribution is -2.63. The minimum atomic E-state index is -0.791. The van der Waals surface area contributed by atoms with Crippen LogP contribution in [-0.4, -0.2) is 57.4 Å². The van der Waals surface area contributed by atoms with E-state index in [4.69, 9.17) is 4.52 Å². The summed E-state index contributed by atoms with van der Waals surface area (Å²) in [5, 5.41) is 5.93. The van der Waals surface area contributed by atoms with Crippen LogP contribution in [0.5, 0.6) is 0 Å². The van der Waals surface area contributed by atoms with Crippen LogP contribution in [0.2, 0.25) is 0 Å². The van der Waals surface area contributed by atoms with Gasteiger partial charge in [-0.1, -0.05) is 11.2 Å². The number of hydrogen-bond donors (Lipinski definition) is 0. The van der Waals surface area contributed by atoms with Crippen LogP contribution in [0.15, 0.2) is 22.0 Å². The Kier molecular flexibility index (Phi) is 4.89. The molecule has 1 fully saturated rings. The lowest BCUT2D eigenvalue weighted by Gasteiger charge is -2.44. The summed E-state index contributed by atoms with van der Waals surface area (Å²) in [6, 6.07) is 3.88. The van der Waals surface area contributed by atoms with Crippen molar-refractivity contribution in [3.63, 3.8) is 0 Å². The van der Waals surface area contributed by atoms with Crippen molar-refractivity contribution in [2.45, 2.75) is 38.6 Å². The van der Waals surface area contributed by atoms with E-state index in [1.807, 2.05) is 17.5 Å². The molecule has 3 rings (SSSR count). The highest BCUT2D eigenvalue weighted by Crippen LogP contribution is 2.24. The van der Waals surface area contributed by atoms with Gasteiger partial charge in [-0.25, -0.2) is 0 Å². The molecule has 7 nitrogen and oxygen atoms in total. The summed E-state index contributed by atoms with van der Waals surface area (Å²) in [6.45, 7) is 4.74. The van der Waals surface area contributed by atoms with E-state index in [1.54, 1.807) is 42.0 Å². The average Bonchev–Trinajstić information content (AvgIpc) is 3.23. The van der Waals surface area contributed by atoms with E-state index in [1.165, 1.54) is 0 Å². The molecular weight excluding hydrogens is 340 g/mol. The number of aryl methyl sites for hydroxylation is 1. The number of likely N-dealkylation sites (N-methyl/N-ethyl adjacent to an activating group) is 1.